The number of aromatic nitrogens is 1. The number of ketones is 1. The predicted octanol–water partition coefficient (Wildman–Crippen LogP) is 3.44. The summed E-state index contributed by atoms with van der Waals surface area (Å²) in [4.78, 5) is 24.3. The SMILES string of the molecule is CCOC(=O)Cn1ccc(C(=O)c2cccc3ccccc23)c1. The van der Waals surface area contributed by atoms with Crippen LogP contribution in [0, 0.1) is 0 Å². The van der Waals surface area contributed by atoms with Crippen molar-refractivity contribution in [3.05, 3.63) is 72.1 Å². The molecule has 0 saturated carbocycles. The van der Waals surface area contributed by atoms with Gasteiger partial charge in [-0.1, -0.05) is 42.5 Å². The highest BCUT2D eigenvalue weighted by molar-refractivity contribution is 6.16. The van der Waals surface area contributed by atoms with Crippen molar-refractivity contribution < 1.29 is 14.3 Å². The molecule has 0 spiro atoms. The maximum atomic E-state index is 12.8. The molecule has 2 aromatic carbocycles. The Hall–Kier alpha value is -2.88. The molecule has 0 aliphatic heterocycles. The number of nitrogens with zero attached hydrogens (tertiary/aromatic N) is 1. The minimum absolute atomic E-state index is 0.0515. The van der Waals surface area contributed by atoms with Gasteiger partial charge >= 0.3 is 5.97 Å². The van der Waals surface area contributed by atoms with Gasteiger partial charge in [0.15, 0.2) is 5.78 Å². The summed E-state index contributed by atoms with van der Waals surface area (Å²) >= 11 is 0. The normalized spacial score (nSPS) is 10.7. The van der Waals surface area contributed by atoms with Crippen LogP contribution in [0.1, 0.15) is 22.8 Å². The zero-order valence-electron chi connectivity index (χ0n) is 12.9. The van der Waals surface area contributed by atoms with Gasteiger partial charge < -0.3 is 9.30 Å². The number of ether oxygens (including phenoxy) is 1. The smallest absolute Gasteiger partial charge is 0.325 e. The average molecular weight is 307 g/mol. The lowest BCUT2D eigenvalue weighted by molar-refractivity contribution is -0.143. The molecule has 23 heavy (non-hydrogen) atoms. The minimum atomic E-state index is -0.313. The Balaban J connectivity index is 1.88. The minimum Gasteiger partial charge on any atom is -0.465 e. The van der Waals surface area contributed by atoms with Crippen LogP contribution in [0.15, 0.2) is 60.9 Å². The fourth-order valence-corrected chi connectivity index (χ4v) is 2.61. The predicted molar refractivity (Wildman–Crippen MR) is 88.4 cm³/mol. The van der Waals surface area contributed by atoms with Crippen LogP contribution < -0.4 is 0 Å². The number of carbonyl (C=O) groups is 2. The Kier molecular flexibility index (Phi) is 4.24. The second kappa shape index (κ2) is 6.48. The average Bonchev–Trinajstić information content (AvgIpc) is 3.02. The highest BCUT2D eigenvalue weighted by atomic mass is 16.5. The molecular formula is C19H17NO3. The van der Waals surface area contributed by atoms with E-state index in [1.165, 1.54) is 0 Å². The third-order valence-corrected chi connectivity index (χ3v) is 3.66. The number of carbonyl (C=O) groups excluding carboxylic acids is 2. The molecule has 116 valence electrons. The summed E-state index contributed by atoms with van der Waals surface area (Å²) in [7, 11) is 0. The van der Waals surface area contributed by atoms with Crippen molar-refractivity contribution in [2.24, 2.45) is 0 Å². The van der Waals surface area contributed by atoms with Gasteiger partial charge in [-0.25, -0.2) is 0 Å². The van der Waals surface area contributed by atoms with Crippen molar-refractivity contribution >= 4 is 22.5 Å². The topological polar surface area (TPSA) is 48.3 Å². The Morgan fingerprint density at radius 3 is 2.65 bits per heavy atom. The fourth-order valence-electron chi connectivity index (χ4n) is 2.61. The molecule has 1 heterocycles. The van der Waals surface area contributed by atoms with Crippen molar-refractivity contribution in [1.29, 1.82) is 0 Å². The monoisotopic (exact) mass is 307 g/mol. The zero-order valence-corrected chi connectivity index (χ0v) is 12.9. The molecule has 0 N–H and O–H groups in total. The molecule has 4 heteroatoms. The van der Waals surface area contributed by atoms with E-state index in [1.807, 2.05) is 42.5 Å². The molecular weight excluding hydrogens is 290 g/mol. The fraction of sp³-hybridized carbons (Fsp3) is 0.158. The molecule has 0 aliphatic carbocycles. The van der Waals surface area contributed by atoms with E-state index in [4.69, 9.17) is 4.74 Å². The van der Waals surface area contributed by atoms with Gasteiger partial charge in [-0.2, -0.15) is 0 Å². The van der Waals surface area contributed by atoms with E-state index in [2.05, 4.69) is 0 Å². The van der Waals surface area contributed by atoms with Crippen LogP contribution in [0.3, 0.4) is 0 Å². The van der Waals surface area contributed by atoms with E-state index >= 15 is 0 Å². The lowest BCUT2D eigenvalue weighted by atomic mass is 9.99. The summed E-state index contributed by atoms with van der Waals surface area (Å²) in [5, 5.41) is 1.96. The first-order valence-corrected chi connectivity index (χ1v) is 7.53. The molecule has 3 aromatic rings. The van der Waals surface area contributed by atoms with Gasteiger partial charge in [0.05, 0.1) is 6.61 Å². The van der Waals surface area contributed by atoms with Gasteiger partial charge in [0.1, 0.15) is 6.54 Å². The molecule has 0 saturated heterocycles. The summed E-state index contributed by atoms with van der Waals surface area (Å²) in [5.74, 6) is -0.364. The molecule has 0 fully saturated rings. The largest absolute Gasteiger partial charge is 0.465 e. The molecule has 0 unspecified atom stereocenters. The van der Waals surface area contributed by atoms with Gasteiger partial charge in [0, 0.05) is 23.5 Å². The first-order chi connectivity index (χ1) is 11.2. The first kappa shape index (κ1) is 15.0. The van der Waals surface area contributed by atoms with Crippen LogP contribution >= 0.6 is 0 Å². The maximum absolute atomic E-state index is 12.8. The second-order valence-corrected chi connectivity index (χ2v) is 5.23. The van der Waals surface area contributed by atoms with Gasteiger partial charge in [-0.05, 0) is 23.8 Å². The molecule has 0 amide bonds. The number of hydrogen-bond acceptors (Lipinski definition) is 3. The summed E-state index contributed by atoms with van der Waals surface area (Å²) in [6, 6.07) is 15.2. The Labute approximate surface area is 134 Å². The first-order valence-electron chi connectivity index (χ1n) is 7.53. The molecule has 0 atom stereocenters. The molecule has 1 aromatic heterocycles. The Morgan fingerprint density at radius 2 is 1.83 bits per heavy atom. The molecule has 3 rings (SSSR count). The number of hydrogen-bond donors (Lipinski definition) is 0. The van der Waals surface area contributed by atoms with Crippen molar-refractivity contribution in [3.63, 3.8) is 0 Å². The van der Waals surface area contributed by atoms with E-state index in [0.717, 1.165) is 10.8 Å². The lowest BCUT2D eigenvalue weighted by Gasteiger charge is -2.05. The maximum Gasteiger partial charge on any atom is 0.325 e. The highest BCUT2D eigenvalue weighted by Gasteiger charge is 2.14. The van der Waals surface area contributed by atoms with E-state index in [0.29, 0.717) is 17.7 Å². The van der Waals surface area contributed by atoms with Gasteiger partial charge in [0.2, 0.25) is 0 Å². The summed E-state index contributed by atoms with van der Waals surface area (Å²) in [6.07, 6.45) is 3.40. The Bertz CT molecular complexity index is 858. The molecule has 0 bridgehead atoms. The lowest BCUT2D eigenvalue weighted by Crippen LogP contribution is -2.12. The van der Waals surface area contributed by atoms with Gasteiger partial charge in [-0.3, -0.25) is 9.59 Å². The van der Waals surface area contributed by atoms with Gasteiger partial charge in [0.25, 0.3) is 0 Å². The number of rotatable bonds is 5. The quantitative estimate of drug-likeness (QED) is 0.536. The van der Waals surface area contributed by atoms with Crippen molar-refractivity contribution in [2.75, 3.05) is 6.61 Å². The summed E-state index contributed by atoms with van der Waals surface area (Å²) in [6.45, 7) is 2.22. The third kappa shape index (κ3) is 3.16. The van der Waals surface area contributed by atoms with Crippen LogP contribution in [0.25, 0.3) is 10.8 Å². The number of fused-ring (bicyclic) bond motifs is 1. The van der Waals surface area contributed by atoms with E-state index in [-0.39, 0.29) is 18.3 Å². The van der Waals surface area contributed by atoms with Gasteiger partial charge in [-0.15, -0.1) is 0 Å². The summed E-state index contributed by atoms with van der Waals surface area (Å²) < 4.78 is 6.58. The van der Waals surface area contributed by atoms with E-state index < -0.39 is 0 Å². The third-order valence-electron chi connectivity index (χ3n) is 3.66. The van der Waals surface area contributed by atoms with Crippen molar-refractivity contribution in [2.45, 2.75) is 13.5 Å². The highest BCUT2D eigenvalue weighted by Crippen LogP contribution is 2.21. The van der Waals surface area contributed by atoms with Crippen LogP contribution in [0.5, 0.6) is 0 Å². The molecule has 0 radical (unpaired) electrons. The molecule has 0 aliphatic rings. The number of esters is 1. The zero-order chi connectivity index (χ0) is 16.2. The van der Waals surface area contributed by atoms with Crippen molar-refractivity contribution in [3.8, 4) is 0 Å². The van der Waals surface area contributed by atoms with E-state index in [1.54, 1.807) is 30.0 Å². The molecule has 4 nitrogen and oxygen atoms in total. The van der Waals surface area contributed by atoms with E-state index in [9.17, 15) is 9.59 Å². The van der Waals surface area contributed by atoms with Crippen LogP contribution in [-0.2, 0) is 16.1 Å². The van der Waals surface area contributed by atoms with Crippen LogP contribution in [-0.4, -0.2) is 22.9 Å². The standard InChI is InChI=1S/C19H17NO3/c1-2-23-18(21)13-20-11-10-15(12-20)19(22)17-9-5-7-14-6-3-4-8-16(14)17/h3-12H,2,13H2,1H3. The summed E-state index contributed by atoms with van der Waals surface area (Å²) in [5.41, 5.74) is 1.22. The van der Waals surface area contributed by atoms with Crippen molar-refractivity contribution in [1.82, 2.24) is 4.57 Å². The number of benzene rings is 2. The van der Waals surface area contributed by atoms with Crippen LogP contribution in [0.2, 0.25) is 0 Å². The Morgan fingerprint density at radius 1 is 1.04 bits per heavy atom. The van der Waals surface area contributed by atoms with Crippen LogP contribution in [0.4, 0.5) is 0 Å². The second-order valence-electron chi connectivity index (χ2n) is 5.23.